The number of hydrogen-bond donors (Lipinski definition) is 0. The van der Waals surface area contributed by atoms with Crippen LogP contribution < -0.4 is 0 Å². The molecule has 1 atom stereocenters. The molecule has 1 heterocycles. The van der Waals surface area contributed by atoms with Gasteiger partial charge in [-0.3, -0.25) is 0 Å². The molecule has 1 fully saturated rings. The summed E-state index contributed by atoms with van der Waals surface area (Å²) in [6.07, 6.45) is 0. The first-order valence-corrected chi connectivity index (χ1v) is 10.2. The van der Waals surface area contributed by atoms with Gasteiger partial charge in [0.25, 0.3) is 0 Å². The van der Waals surface area contributed by atoms with Crippen molar-refractivity contribution >= 4 is 49.3 Å². The number of nitrogens with zero attached hydrogens (tertiary/aromatic N) is 1. The number of rotatable bonds is 3. The number of halogens is 2. The largest absolute Gasteiger partial charge is 0.244 e. The van der Waals surface area contributed by atoms with Crippen LogP contribution in [0.2, 0.25) is 0 Å². The molecular weight excluding hydrogens is 382 g/mol. The minimum absolute atomic E-state index is 0.0191. The van der Waals surface area contributed by atoms with Gasteiger partial charge in [0.05, 0.1) is 4.90 Å². The summed E-state index contributed by atoms with van der Waals surface area (Å²) in [6.45, 7) is 4.40. The van der Waals surface area contributed by atoms with Crippen LogP contribution in [0, 0.1) is 6.92 Å². The summed E-state index contributed by atoms with van der Waals surface area (Å²) >= 11 is 11.1. The summed E-state index contributed by atoms with van der Waals surface area (Å²) in [4.78, 5) is 0.326. The molecule has 0 N–H and O–H groups in total. The number of benzene rings is 1. The van der Waals surface area contributed by atoms with Gasteiger partial charge in [-0.15, -0.1) is 11.6 Å². The SMILES string of the molecule is Cc1cc(CCl)cc(S(=O)(=O)N2CCSCC2C)c1Br. The van der Waals surface area contributed by atoms with Crippen molar-refractivity contribution in [1.29, 1.82) is 0 Å². The molecule has 3 nitrogen and oxygen atoms in total. The molecule has 112 valence electrons. The molecule has 1 unspecified atom stereocenters. The van der Waals surface area contributed by atoms with Gasteiger partial charge < -0.3 is 0 Å². The summed E-state index contributed by atoms with van der Waals surface area (Å²) in [5.74, 6) is 1.99. The van der Waals surface area contributed by atoms with E-state index in [4.69, 9.17) is 11.6 Å². The summed E-state index contributed by atoms with van der Waals surface area (Å²) in [5, 5.41) is 0. The monoisotopic (exact) mass is 397 g/mol. The Hall–Kier alpha value is 0.250. The molecule has 20 heavy (non-hydrogen) atoms. The van der Waals surface area contributed by atoms with Crippen LogP contribution in [-0.2, 0) is 15.9 Å². The van der Waals surface area contributed by atoms with Gasteiger partial charge in [0, 0.05) is 34.4 Å². The average Bonchev–Trinajstić information content (AvgIpc) is 2.41. The highest BCUT2D eigenvalue weighted by atomic mass is 79.9. The second-order valence-corrected chi connectivity index (χ2v) is 8.97. The van der Waals surface area contributed by atoms with Gasteiger partial charge in [-0.05, 0) is 47.0 Å². The first kappa shape index (κ1) is 16.6. The normalized spacial score (nSPS) is 21.1. The van der Waals surface area contributed by atoms with E-state index in [1.165, 1.54) is 0 Å². The average molecular weight is 399 g/mol. The first-order chi connectivity index (χ1) is 9.37. The smallest absolute Gasteiger partial charge is 0.207 e. The van der Waals surface area contributed by atoms with E-state index in [1.807, 2.05) is 19.9 Å². The molecule has 2 rings (SSSR count). The maximum atomic E-state index is 12.9. The van der Waals surface area contributed by atoms with Crippen molar-refractivity contribution in [2.75, 3.05) is 18.1 Å². The maximum Gasteiger partial charge on any atom is 0.244 e. The highest BCUT2D eigenvalue weighted by Gasteiger charge is 2.33. The van der Waals surface area contributed by atoms with E-state index in [0.717, 1.165) is 22.6 Å². The quantitative estimate of drug-likeness (QED) is 0.730. The predicted octanol–water partition coefficient (Wildman–Crippen LogP) is 3.62. The zero-order valence-corrected chi connectivity index (χ0v) is 15.4. The summed E-state index contributed by atoms with van der Waals surface area (Å²) in [5.41, 5.74) is 1.71. The zero-order chi connectivity index (χ0) is 14.9. The minimum atomic E-state index is -3.48. The van der Waals surface area contributed by atoms with Crippen LogP contribution in [0.15, 0.2) is 21.5 Å². The molecule has 1 aromatic carbocycles. The molecule has 0 amide bonds. The van der Waals surface area contributed by atoms with Crippen LogP contribution in [-0.4, -0.2) is 36.8 Å². The Bertz CT molecular complexity index is 607. The standard InChI is InChI=1S/C13H17BrClNO2S2/c1-9-5-11(7-15)6-12(13(9)14)20(17,18)16-3-4-19-8-10(16)2/h5-6,10H,3-4,7-8H2,1-2H3. The third-order valence-electron chi connectivity index (χ3n) is 3.33. The van der Waals surface area contributed by atoms with Crippen LogP contribution in [0.4, 0.5) is 0 Å². The van der Waals surface area contributed by atoms with Crippen molar-refractivity contribution in [3.05, 3.63) is 27.7 Å². The Morgan fingerprint density at radius 1 is 1.50 bits per heavy atom. The Morgan fingerprint density at radius 3 is 2.80 bits per heavy atom. The van der Waals surface area contributed by atoms with E-state index in [1.54, 1.807) is 22.1 Å². The molecule has 7 heteroatoms. The van der Waals surface area contributed by atoms with Gasteiger partial charge in [0.15, 0.2) is 0 Å². The number of thioether (sulfide) groups is 1. The molecule has 0 aromatic heterocycles. The fraction of sp³-hybridized carbons (Fsp3) is 0.538. The molecule has 0 aliphatic carbocycles. The molecule has 0 saturated carbocycles. The van der Waals surface area contributed by atoms with Gasteiger partial charge in [-0.25, -0.2) is 8.42 Å². The van der Waals surface area contributed by atoms with E-state index in [0.29, 0.717) is 21.8 Å². The topological polar surface area (TPSA) is 37.4 Å². The molecular formula is C13H17BrClNO2S2. The van der Waals surface area contributed by atoms with Gasteiger partial charge >= 0.3 is 0 Å². The summed E-state index contributed by atoms with van der Waals surface area (Å²) < 4.78 is 28.0. The van der Waals surface area contributed by atoms with Gasteiger partial charge in [-0.2, -0.15) is 16.1 Å². The number of aryl methyl sites for hydroxylation is 1. The summed E-state index contributed by atoms with van der Waals surface area (Å²) in [7, 11) is -3.48. The van der Waals surface area contributed by atoms with Crippen molar-refractivity contribution in [3.63, 3.8) is 0 Å². The zero-order valence-electron chi connectivity index (χ0n) is 11.4. The highest BCUT2D eigenvalue weighted by Crippen LogP contribution is 2.32. The Labute approximate surface area is 138 Å². The minimum Gasteiger partial charge on any atom is -0.207 e. The second-order valence-electron chi connectivity index (χ2n) is 4.90. The third-order valence-corrected chi connectivity index (χ3v) is 8.18. The van der Waals surface area contributed by atoms with Crippen molar-refractivity contribution in [2.24, 2.45) is 0 Å². The van der Waals surface area contributed by atoms with Crippen molar-refractivity contribution in [2.45, 2.75) is 30.7 Å². The Kier molecular flexibility index (Phi) is 5.46. The van der Waals surface area contributed by atoms with Crippen LogP contribution >= 0.6 is 39.3 Å². The first-order valence-electron chi connectivity index (χ1n) is 6.32. The van der Waals surface area contributed by atoms with Crippen molar-refractivity contribution in [3.8, 4) is 0 Å². The van der Waals surface area contributed by atoms with Gasteiger partial charge in [0.1, 0.15) is 0 Å². The van der Waals surface area contributed by atoms with E-state index < -0.39 is 10.0 Å². The van der Waals surface area contributed by atoms with E-state index >= 15 is 0 Å². The van der Waals surface area contributed by atoms with Crippen molar-refractivity contribution < 1.29 is 8.42 Å². The van der Waals surface area contributed by atoms with Crippen LogP contribution in [0.1, 0.15) is 18.1 Å². The van der Waals surface area contributed by atoms with Gasteiger partial charge in [0.2, 0.25) is 10.0 Å². The number of sulfonamides is 1. The molecule has 0 spiro atoms. The fourth-order valence-corrected chi connectivity index (χ4v) is 6.31. The molecule has 1 aromatic rings. The van der Waals surface area contributed by atoms with E-state index in [2.05, 4.69) is 15.9 Å². The van der Waals surface area contributed by atoms with Crippen molar-refractivity contribution in [1.82, 2.24) is 4.31 Å². The van der Waals surface area contributed by atoms with Crippen LogP contribution in [0.5, 0.6) is 0 Å². The van der Waals surface area contributed by atoms with E-state index in [9.17, 15) is 8.42 Å². The maximum absolute atomic E-state index is 12.9. The molecule has 0 bridgehead atoms. The lowest BCUT2D eigenvalue weighted by molar-refractivity contribution is 0.367. The molecule has 1 aliphatic rings. The highest BCUT2D eigenvalue weighted by molar-refractivity contribution is 9.10. The fourth-order valence-electron chi connectivity index (χ4n) is 2.27. The lowest BCUT2D eigenvalue weighted by atomic mass is 10.2. The lowest BCUT2D eigenvalue weighted by Crippen LogP contribution is -2.44. The lowest BCUT2D eigenvalue weighted by Gasteiger charge is -2.32. The van der Waals surface area contributed by atoms with E-state index in [-0.39, 0.29) is 6.04 Å². The predicted molar refractivity (Wildman–Crippen MR) is 89.1 cm³/mol. The molecule has 0 radical (unpaired) electrons. The van der Waals surface area contributed by atoms with Gasteiger partial charge in [-0.1, -0.05) is 6.07 Å². The Balaban J connectivity index is 2.51. The molecule has 1 saturated heterocycles. The molecule has 1 aliphatic heterocycles. The number of alkyl halides is 1. The second kappa shape index (κ2) is 6.57. The summed E-state index contributed by atoms with van der Waals surface area (Å²) in [6, 6.07) is 3.60. The van der Waals surface area contributed by atoms with Crippen LogP contribution in [0.25, 0.3) is 0 Å². The van der Waals surface area contributed by atoms with Crippen LogP contribution in [0.3, 0.4) is 0 Å². The third kappa shape index (κ3) is 3.19. The Morgan fingerprint density at radius 2 is 2.20 bits per heavy atom. The number of hydrogen-bond acceptors (Lipinski definition) is 3.